The molecule has 17 nitrogen and oxygen atoms in total. The first-order valence-electron chi connectivity index (χ1n) is 18.3. The van der Waals surface area contributed by atoms with Gasteiger partial charge in [0.1, 0.15) is 12.1 Å². The van der Waals surface area contributed by atoms with Gasteiger partial charge in [-0.05, 0) is 56.8 Å². The third-order valence-corrected chi connectivity index (χ3v) is 9.19. The molecule has 0 unspecified atom stereocenters. The van der Waals surface area contributed by atoms with Crippen LogP contribution in [0.5, 0.6) is 0 Å². The monoisotopic (exact) mass is 754 g/mol. The predicted molar refractivity (Wildman–Crippen MR) is 202 cm³/mol. The zero-order chi connectivity index (χ0) is 39.9. The Bertz CT molecular complexity index is 1660. The standard InChI is InChI=1S/C37H54N8O9/c1-4-5-8-22(38)21-40-18-15-26(39)33(49)43-27(34(50)41-19-16-28(37(53)54)42-30(46)11-7-12-31(47)48)17-20-45-35(51)24-10-6-9-23-29(44(2)3)14-13-25(32(23)24)36(45)52/h6,9-10,13-14,22,26-28,40H,4-5,7-8,11-12,15-21,38-39H2,1-3H3,(H,41,50)(H,42,46)(H,43,49)(H,47,48)(H,53,54)/t22-,26-,27+,28+/m0/s1. The quantitative estimate of drug-likeness (QED) is 0.0538. The first kappa shape index (κ1) is 43.3. The van der Waals surface area contributed by atoms with Crippen LogP contribution in [0.25, 0.3) is 10.8 Å². The minimum absolute atomic E-state index is 0.0240. The lowest BCUT2D eigenvalue weighted by molar-refractivity contribution is -0.142. The molecule has 4 atom stereocenters. The number of unbranched alkanes of at least 4 members (excludes halogenated alkanes) is 1. The Labute approximate surface area is 314 Å². The van der Waals surface area contributed by atoms with Crippen molar-refractivity contribution in [2.45, 2.75) is 88.9 Å². The second-order valence-corrected chi connectivity index (χ2v) is 13.7. The summed E-state index contributed by atoms with van der Waals surface area (Å²) in [7, 11) is 3.72. The lowest BCUT2D eigenvalue weighted by Crippen LogP contribution is -2.54. The molecular formula is C37H54N8O9. The van der Waals surface area contributed by atoms with Crippen LogP contribution >= 0.6 is 0 Å². The van der Waals surface area contributed by atoms with Crippen molar-refractivity contribution in [3.05, 3.63) is 41.5 Å². The van der Waals surface area contributed by atoms with Crippen LogP contribution in [-0.2, 0) is 24.0 Å². The number of carbonyl (C=O) groups excluding carboxylic acids is 5. The average Bonchev–Trinajstić information content (AvgIpc) is 3.12. The highest BCUT2D eigenvalue weighted by Crippen LogP contribution is 2.35. The van der Waals surface area contributed by atoms with Gasteiger partial charge in [-0.15, -0.1) is 0 Å². The molecule has 10 N–H and O–H groups in total. The number of carboxylic acids is 2. The van der Waals surface area contributed by atoms with Crippen molar-refractivity contribution in [3.8, 4) is 0 Å². The van der Waals surface area contributed by atoms with Crippen LogP contribution in [0.2, 0.25) is 0 Å². The van der Waals surface area contributed by atoms with E-state index in [0.717, 1.165) is 35.2 Å². The maximum Gasteiger partial charge on any atom is 0.326 e. The SMILES string of the molecule is CCCC[C@H](N)CNCC[C@H](N)C(=O)N[C@H](CCN1C(=O)c2cccc3c(N(C)C)ccc(c23)C1=O)C(=O)NCC[C@@H](NC(=O)CCCC(=O)O)C(=O)O. The summed E-state index contributed by atoms with van der Waals surface area (Å²) in [5.41, 5.74) is 13.7. The van der Waals surface area contributed by atoms with Crippen LogP contribution in [0, 0.1) is 0 Å². The van der Waals surface area contributed by atoms with E-state index in [-0.39, 0.29) is 57.7 Å². The van der Waals surface area contributed by atoms with E-state index in [4.69, 9.17) is 16.6 Å². The molecule has 2 aromatic carbocycles. The van der Waals surface area contributed by atoms with E-state index >= 15 is 0 Å². The Morgan fingerprint density at radius 3 is 2.17 bits per heavy atom. The average molecular weight is 755 g/mol. The number of anilines is 1. The second-order valence-electron chi connectivity index (χ2n) is 13.7. The molecule has 1 heterocycles. The minimum Gasteiger partial charge on any atom is -0.481 e. The van der Waals surface area contributed by atoms with Crippen molar-refractivity contribution < 1.29 is 43.8 Å². The number of nitrogens with one attached hydrogen (secondary N) is 4. The van der Waals surface area contributed by atoms with Gasteiger partial charge in [-0.25, -0.2) is 4.79 Å². The largest absolute Gasteiger partial charge is 0.481 e. The van der Waals surface area contributed by atoms with Crippen LogP contribution < -0.4 is 37.6 Å². The van der Waals surface area contributed by atoms with Gasteiger partial charge in [0.25, 0.3) is 11.8 Å². The van der Waals surface area contributed by atoms with Crippen LogP contribution in [-0.4, -0.2) is 121 Å². The van der Waals surface area contributed by atoms with E-state index in [1.165, 1.54) is 0 Å². The topological polar surface area (TPSA) is 267 Å². The minimum atomic E-state index is -1.38. The van der Waals surface area contributed by atoms with E-state index in [9.17, 15) is 38.7 Å². The molecule has 17 heteroatoms. The van der Waals surface area contributed by atoms with Crippen LogP contribution in [0.1, 0.15) is 85.4 Å². The molecule has 3 rings (SSSR count). The molecular weight excluding hydrogens is 700 g/mol. The zero-order valence-electron chi connectivity index (χ0n) is 31.2. The van der Waals surface area contributed by atoms with Gasteiger partial charge >= 0.3 is 11.9 Å². The Morgan fingerprint density at radius 1 is 0.815 bits per heavy atom. The van der Waals surface area contributed by atoms with Gasteiger partial charge in [-0.1, -0.05) is 31.9 Å². The van der Waals surface area contributed by atoms with E-state index < -0.39 is 59.6 Å². The number of hydrogen-bond donors (Lipinski definition) is 8. The van der Waals surface area contributed by atoms with Crippen LogP contribution in [0.4, 0.5) is 5.69 Å². The molecule has 0 radical (unpaired) electrons. The number of nitrogens with zero attached hydrogens (tertiary/aromatic N) is 2. The van der Waals surface area contributed by atoms with Crippen molar-refractivity contribution in [1.29, 1.82) is 0 Å². The van der Waals surface area contributed by atoms with Gasteiger partial charge in [0.2, 0.25) is 17.7 Å². The Kier molecular flexibility index (Phi) is 16.8. The Morgan fingerprint density at radius 2 is 1.52 bits per heavy atom. The third kappa shape index (κ3) is 12.2. The summed E-state index contributed by atoms with van der Waals surface area (Å²) in [5, 5.41) is 30.4. The summed E-state index contributed by atoms with van der Waals surface area (Å²) in [5.74, 6) is -5.57. The third-order valence-electron chi connectivity index (χ3n) is 9.19. The lowest BCUT2D eigenvalue weighted by Gasteiger charge is -2.30. The highest BCUT2D eigenvalue weighted by Gasteiger charge is 2.35. The molecule has 0 saturated heterocycles. The second kappa shape index (κ2) is 20.9. The number of nitrogens with two attached hydrogens (primary N) is 2. The van der Waals surface area contributed by atoms with Gasteiger partial charge in [0, 0.05) is 80.2 Å². The highest BCUT2D eigenvalue weighted by molar-refractivity contribution is 6.26. The van der Waals surface area contributed by atoms with Crippen molar-refractivity contribution >= 4 is 57.9 Å². The number of carboxylic acid groups (broad SMARTS) is 2. The van der Waals surface area contributed by atoms with Crippen molar-refractivity contribution in [1.82, 2.24) is 26.2 Å². The van der Waals surface area contributed by atoms with E-state index in [2.05, 4.69) is 28.2 Å². The Hall–Kier alpha value is -5.13. The molecule has 0 aliphatic carbocycles. The Balaban J connectivity index is 1.71. The summed E-state index contributed by atoms with van der Waals surface area (Å²) in [4.78, 5) is 91.8. The first-order chi connectivity index (χ1) is 25.7. The molecule has 0 spiro atoms. The molecule has 5 amide bonds. The fourth-order valence-electron chi connectivity index (χ4n) is 6.16. The fraction of sp³-hybridized carbons (Fsp3) is 0.541. The molecule has 1 aliphatic rings. The predicted octanol–water partition coefficient (Wildman–Crippen LogP) is 0.532. The van der Waals surface area contributed by atoms with Gasteiger partial charge < -0.3 is 47.8 Å². The first-order valence-corrected chi connectivity index (χ1v) is 18.3. The number of aliphatic carboxylic acids is 2. The molecule has 0 saturated carbocycles. The normalized spacial score (nSPS) is 14.6. The molecule has 1 aliphatic heterocycles. The smallest absolute Gasteiger partial charge is 0.326 e. The van der Waals surface area contributed by atoms with Gasteiger partial charge in [-0.2, -0.15) is 0 Å². The number of rotatable bonds is 24. The maximum absolute atomic E-state index is 13.7. The molecule has 296 valence electrons. The van der Waals surface area contributed by atoms with Crippen LogP contribution in [0.15, 0.2) is 30.3 Å². The van der Waals surface area contributed by atoms with Crippen molar-refractivity contribution in [2.75, 3.05) is 45.2 Å². The summed E-state index contributed by atoms with van der Waals surface area (Å²) < 4.78 is 0. The summed E-state index contributed by atoms with van der Waals surface area (Å²) in [6.07, 6.45) is 2.29. The number of carbonyl (C=O) groups is 7. The molecule has 54 heavy (non-hydrogen) atoms. The zero-order valence-corrected chi connectivity index (χ0v) is 31.2. The molecule has 0 bridgehead atoms. The summed E-state index contributed by atoms with van der Waals surface area (Å²) >= 11 is 0. The van der Waals surface area contributed by atoms with Gasteiger partial charge in [0.05, 0.1) is 6.04 Å². The van der Waals surface area contributed by atoms with Gasteiger partial charge in [-0.3, -0.25) is 33.7 Å². The molecule has 2 aromatic rings. The number of imide groups is 1. The molecule has 0 aromatic heterocycles. The van der Waals surface area contributed by atoms with E-state index in [1.807, 2.05) is 25.1 Å². The van der Waals surface area contributed by atoms with Crippen molar-refractivity contribution in [2.24, 2.45) is 11.5 Å². The van der Waals surface area contributed by atoms with Crippen LogP contribution in [0.3, 0.4) is 0 Å². The molecule has 0 fully saturated rings. The number of amides is 5. The van der Waals surface area contributed by atoms with E-state index in [1.54, 1.807) is 24.3 Å². The summed E-state index contributed by atoms with van der Waals surface area (Å²) in [6.45, 7) is 2.55. The van der Waals surface area contributed by atoms with E-state index in [0.29, 0.717) is 29.6 Å². The maximum atomic E-state index is 13.7. The number of hydrogen-bond acceptors (Lipinski definition) is 11. The lowest BCUT2D eigenvalue weighted by atomic mass is 9.92. The van der Waals surface area contributed by atoms with Crippen molar-refractivity contribution in [3.63, 3.8) is 0 Å². The summed E-state index contributed by atoms with van der Waals surface area (Å²) in [6, 6.07) is 4.94. The fourth-order valence-corrected chi connectivity index (χ4v) is 6.16. The number of benzene rings is 2. The highest BCUT2D eigenvalue weighted by atomic mass is 16.4. The van der Waals surface area contributed by atoms with Gasteiger partial charge in [0.15, 0.2) is 0 Å².